The van der Waals surface area contributed by atoms with Gasteiger partial charge in [0, 0.05) is 12.3 Å². The lowest BCUT2D eigenvalue weighted by Crippen LogP contribution is -2.48. The third-order valence-corrected chi connectivity index (χ3v) is 3.94. The molecule has 0 bridgehead atoms. The summed E-state index contributed by atoms with van der Waals surface area (Å²) in [6.07, 6.45) is -3.34. The molecule has 0 saturated carbocycles. The van der Waals surface area contributed by atoms with Crippen molar-refractivity contribution in [2.75, 3.05) is 13.2 Å². The van der Waals surface area contributed by atoms with E-state index in [4.69, 9.17) is 21.7 Å². The zero-order valence-corrected chi connectivity index (χ0v) is 13.2. The van der Waals surface area contributed by atoms with Crippen molar-refractivity contribution in [2.24, 2.45) is 0 Å². The summed E-state index contributed by atoms with van der Waals surface area (Å²) >= 11 is 5.05. The van der Waals surface area contributed by atoms with Crippen LogP contribution in [0, 0.1) is 4.77 Å². The molecule has 1 aromatic heterocycles. The summed E-state index contributed by atoms with van der Waals surface area (Å²) in [7, 11) is 0. The predicted molar refractivity (Wildman–Crippen MR) is 79.1 cm³/mol. The molecule has 1 aliphatic rings. The number of carbonyl (C=O) groups excluding carboxylic acids is 1. The van der Waals surface area contributed by atoms with Gasteiger partial charge < -0.3 is 24.8 Å². The molecule has 4 N–H and O–H groups in total. The summed E-state index contributed by atoms with van der Waals surface area (Å²) in [6.45, 7) is 1.17. The Kier molecular flexibility index (Phi) is 5.32. The molecule has 1 aromatic rings. The van der Waals surface area contributed by atoms with Crippen LogP contribution in [0.1, 0.15) is 13.3 Å². The van der Waals surface area contributed by atoms with Crippen molar-refractivity contribution in [1.82, 2.24) is 9.55 Å². The monoisotopic (exact) mass is 346 g/mol. The van der Waals surface area contributed by atoms with E-state index >= 15 is 0 Å². The van der Waals surface area contributed by atoms with E-state index in [-0.39, 0.29) is 11.4 Å². The van der Waals surface area contributed by atoms with E-state index < -0.39 is 48.6 Å². The first-order chi connectivity index (χ1) is 10.9. The summed E-state index contributed by atoms with van der Waals surface area (Å²) in [5.41, 5.74) is -2.26. The van der Waals surface area contributed by atoms with Gasteiger partial charge in [-0.15, -0.1) is 0 Å². The van der Waals surface area contributed by atoms with E-state index in [1.54, 1.807) is 6.92 Å². The highest BCUT2D eigenvalue weighted by Crippen LogP contribution is 2.38. The average Bonchev–Trinajstić information content (AvgIpc) is 2.73. The lowest BCUT2D eigenvalue weighted by atomic mass is 9.99. The van der Waals surface area contributed by atoms with E-state index in [2.05, 4.69) is 4.98 Å². The molecule has 9 nitrogen and oxygen atoms in total. The minimum atomic E-state index is -1.79. The van der Waals surface area contributed by atoms with Crippen LogP contribution < -0.4 is 5.56 Å². The Hall–Kier alpha value is -1.59. The molecule has 0 aliphatic carbocycles. The Morgan fingerprint density at radius 3 is 2.78 bits per heavy atom. The number of esters is 1. The maximum atomic E-state index is 11.9. The van der Waals surface area contributed by atoms with E-state index in [1.165, 1.54) is 10.8 Å². The van der Waals surface area contributed by atoms with Crippen LogP contribution in [0.15, 0.2) is 17.1 Å². The van der Waals surface area contributed by atoms with Crippen molar-refractivity contribution in [3.8, 4) is 0 Å². The first-order valence-electron chi connectivity index (χ1n) is 6.98. The molecule has 1 aliphatic heterocycles. The first kappa shape index (κ1) is 17.8. The smallest absolute Gasteiger partial charge is 0.310 e. The van der Waals surface area contributed by atoms with Gasteiger partial charge in [-0.05, 0) is 19.1 Å². The van der Waals surface area contributed by atoms with Crippen molar-refractivity contribution in [3.05, 3.63) is 27.4 Å². The minimum absolute atomic E-state index is 0.105. The molecule has 1 fully saturated rings. The number of nitrogens with one attached hydrogen (secondary N) is 1. The summed E-state index contributed by atoms with van der Waals surface area (Å²) in [6, 6.07) is 1.14. The predicted octanol–water partition coefficient (Wildman–Crippen LogP) is -1.38. The Morgan fingerprint density at radius 2 is 2.26 bits per heavy atom. The number of nitrogens with zero attached hydrogens (tertiary/aromatic N) is 1. The van der Waals surface area contributed by atoms with Gasteiger partial charge in [0.2, 0.25) is 0 Å². The SMILES string of the molecule is CCOC(=O)C[C@@]1(n2ccc(=O)[nH]c2=S)O[C@H](CO)[C@@H](O)[C@H]1O. The van der Waals surface area contributed by atoms with Gasteiger partial charge in [-0.1, -0.05) is 0 Å². The Labute approximate surface area is 136 Å². The van der Waals surface area contributed by atoms with Crippen molar-refractivity contribution in [3.63, 3.8) is 0 Å². The second-order valence-electron chi connectivity index (χ2n) is 5.08. The topological polar surface area (TPSA) is 134 Å². The van der Waals surface area contributed by atoms with Crippen molar-refractivity contribution < 1.29 is 29.6 Å². The number of ether oxygens (including phenoxy) is 2. The molecular formula is C13H18N2O7S. The first-order valence-corrected chi connectivity index (χ1v) is 7.39. The van der Waals surface area contributed by atoms with E-state index in [9.17, 15) is 24.9 Å². The van der Waals surface area contributed by atoms with Gasteiger partial charge in [0.25, 0.3) is 5.56 Å². The summed E-state index contributed by atoms with van der Waals surface area (Å²) < 4.78 is 11.5. The Balaban J connectivity index is 2.54. The second-order valence-corrected chi connectivity index (χ2v) is 5.47. The quantitative estimate of drug-likeness (QED) is 0.379. The number of aliphatic hydroxyl groups excluding tert-OH is 3. The molecule has 0 radical (unpaired) electrons. The normalized spacial score (nSPS) is 30.3. The van der Waals surface area contributed by atoms with Gasteiger partial charge in [0.1, 0.15) is 18.3 Å². The van der Waals surface area contributed by atoms with Crippen LogP contribution in [0.5, 0.6) is 0 Å². The highest BCUT2D eigenvalue weighted by atomic mass is 32.1. The van der Waals surface area contributed by atoms with E-state index in [0.29, 0.717) is 0 Å². The third kappa shape index (κ3) is 3.21. The van der Waals surface area contributed by atoms with Gasteiger partial charge >= 0.3 is 5.97 Å². The summed E-state index contributed by atoms with van der Waals surface area (Å²) in [5.74, 6) is -0.689. The van der Waals surface area contributed by atoms with Gasteiger partial charge in [-0.2, -0.15) is 0 Å². The third-order valence-electron chi connectivity index (χ3n) is 3.64. The molecular weight excluding hydrogens is 328 g/mol. The van der Waals surface area contributed by atoms with Gasteiger partial charge in [-0.3, -0.25) is 19.1 Å². The molecule has 1 saturated heterocycles. The van der Waals surface area contributed by atoms with Crippen molar-refractivity contribution >= 4 is 18.2 Å². The summed E-state index contributed by atoms with van der Waals surface area (Å²) in [4.78, 5) is 25.6. The van der Waals surface area contributed by atoms with Crippen LogP contribution in [0.2, 0.25) is 0 Å². The number of aromatic nitrogens is 2. The maximum absolute atomic E-state index is 11.9. The highest BCUT2D eigenvalue weighted by Gasteiger charge is 2.56. The number of aliphatic hydroxyl groups is 3. The van der Waals surface area contributed by atoms with Crippen LogP contribution in [-0.4, -0.2) is 62.4 Å². The minimum Gasteiger partial charge on any atom is -0.466 e. The standard InChI is InChI=1S/C13H18N2O7S/c1-2-21-9(18)5-13(11(20)10(19)7(6-16)22-13)15-4-3-8(17)14-12(15)23/h3-4,7,10-11,16,19-20H,2,5-6H2,1H3,(H,14,17,23)/t7-,10-,11-,13-/m1/s1. The molecule has 0 unspecified atom stereocenters. The number of rotatable bonds is 5. The van der Waals surface area contributed by atoms with Gasteiger partial charge in [-0.25, -0.2) is 0 Å². The molecule has 0 amide bonds. The lowest BCUT2D eigenvalue weighted by Gasteiger charge is -2.33. The molecule has 4 atom stereocenters. The fourth-order valence-electron chi connectivity index (χ4n) is 2.58. The van der Waals surface area contributed by atoms with Crippen LogP contribution >= 0.6 is 12.2 Å². The molecule has 128 valence electrons. The number of aromatic amines is 1. The average molecular weight is 346 g/mol. The van der Waals surface area contributed by atoms with E-state index in [0.717, 1.165) is 6.07 Å². The molecule has 2 heterocycles. The molecule has 0 aromatic carbocycles. The zero-order chi connectivity index (χ0) is 17.2. The van der Waals surface area contributed by atoms with Crippen molar-refractivity contribution in [1.29, 1.82) is 0 Å². The number of carbonyl (C=O) groups is 1. The molecule has 23 heavy (non-hydrogen) atoms. The van der Waals surface area contributed by atoms with Crippen LogP contribution in [-0.2, 0) is 20.0 Å². The van der Waals surface area contributed by atoms with Crippen LogP contribution in [0.25, 0.3) is 0 Å². The van der Waals surface area contributed by atoms with Crippen LogP contribution in [0.3, 0.4) is 0 Å². The van der Waals surface area contributed by atoms with E-state index in [1.807, 2.05) is 0 Å². The Bertz CT molecular complexity index is 687. The number of hydrogen-bond donors (Lipinski definition) is 4. The maximum Gasteiger partial charge on any atom is 0.310 e. The zero-order valence-electron chi connectivity index (χ0n) is 12.3. The summed E-state index contributed by atoms with van der Waals surface area (Å²) in [5, 5.41) is 29.7. The molecule has 2 rings (SSSR count). The molecule has 10 heteroatoms. The number of hydrogen-bond acceptors (Lipinski definition) is 8. The lowest BCUT2D eigenvalue weighted by molar-refractivity contribution is -0.177. The largest absolute Gasteiger partial charge is 0.466 e. The molecule has 0 spiro atoms. The van der Waals surface area contributed by atoms with Gasteiger partial charge in [0.05, 0.1) is 19.6 Å². The second kappa shape index (κ2) is 6.89. The van der Waals surface area contributed by atoms with Crippen molar-refractivity contribution in [2.45, 2.75) is 37.4 Å². The number of H-pyrrole nitrogens is 1. The van der Waals surface area contributed by atoms with Crippen LogP contribution in [0.4, 0.5) is 0 Å². The fourth-order valence-corrected chi connectivity index (χ4v) is 2.90. The fraction of sp³-hybridized carbons (Fsp3) is 0.615. The van der Waals surface area contributed by atoms with Gasteiger partial charge in [0.15, 0.2) is 10.5 Å². The highest BCUT2D eigenvalue weighted by molar-refractivity contribution is 7.71. The Morgan fingerprint density at radius 1 is 1.57 bits per heavy atom.